The summed E-state index contributed by atoms with van der Waals surface area (Å²) in [4.78, 5) is 0. The fourth-order valence-electron chi connectivity index (χ4n) is 1.02. The van der Waals surface area contributed by atoms with E-state index in [1.807, 2.05) is 13.8 Å². The lowest BCUT2D eigenvalue weighted by atomic mass is 10.2. The van der Waals surface area contributed by atoms with Crippen LogP contribution in [0.1, 0.15) is 20.8 Å². The Balaban J connectivity index is 3.82. The average Bonchev–Trinajstić information content (AvgIpc) is 2.13. The van der Waals surface area contributed by atoms with E-state index < -0.39 is 9.84 Å². The highest BCUT2D eigenvalue weighted by Gasteiger charge is 2.13. The molecule has 0 spiro atoms. The Morgan fingerprint density at radius 2 is 1.93 bits per heavy atom. The number of hydrogen-bond donors (Lipinski definition) is 2. The van der Waals surface area contributed by atoms with Crippen LogP contribution < -0.4 is 5.32 Å². The summed E-state index contributed by atoms with van der Waals surface area (Å²) in [5.74, 6) is 0.526. The van der Waals surface area contributed by atoms with Crippen molar-refractivity contribution in [2.45, 2.75) is 26.8 Å². The molecule has 0 aliphatic heterocycles. The zero-order valence-electron chi connectivity index (χ0n) is 9.16. The van der Waals surface area contributed by atoms with Crippen molar-refractivity contribution in [3.63, 3.8) is 0 Å². The molecule has 2 atom stereocenters. The zero-order chi connectivity index (χ0) is 11.2. The topological polar surface area (TPSA) is 66.4 Å². The molecule has 0 aliphatic carbocycles. The maximum absolute atomic E-state index is 11.2. The van der Waals surface area contributed by atoms with Crippen LogP contribution in [-0.2, 0) is 9.84 Å². The minimum absolute atomic E-state index is 0.0473. The first kappa shape index (κ1) is 13.9. The number of aliphatic hydroxyl groups is 1. The van der Waals surface area contributed by atoms with Crippen LogP contribution in [0, 0.1) is 5.92 Å². The molecule has 86 valence electrons. The van der Waals surface area contributed by atoms with Crippen molar-refractivity contribution in [3.05, 3.63) is 0 Å². The highest BCUT2D eigenvalue weighted by Crippen LogP contribution is 1.96. The van der Waals surface area contributed by atoms with Crippen molar-refractivity contribution < 1.29 is 13.5 Å². The number of sulfone groups is 1. The van der Waals surface area contributed by atoms with Gasteiger partial charge in [0, 0.05) is 24.9 Å². The first-order valence-corrected chi connectivity index (χ1v) is 6.78. The molecule has 0 aromatic carbocycles. The van der Waals surface area contributed by atoms with Crippen LogP contribution >= 0.6 is 0 Å². The second-order valence-corrected chi connectivity index (χ2v) is 6.19. The number of nitrogens with one attached hydrogen (secondary N) is 1. The minimum atomic E-state index is -2.90. The van der Waals surface area contributed by atoms with Crippen LogP contribution in [0.3, 0.4) is 0 Å². The van der Waals surface area contributed by atoms with E-state index in [1.54, 1.807) is 6.92 Å². The lowest BCUT2D eigenvalue weighted by Gasteiger charge is -2.15. The van der Waals surface area contributed by atoms with Crippen LogP contribution in [0.15, 0.2) is 0 Å². The van der Waals surface area contributed by atoms with Crippen molar-refractivity contribution in [2.24, 2.45) is 5.92 Å². The third-order valence-electron chi connectivity index (χ3n) is 2.07. The molecule has 0 saturated carbocycles. The van der Waals surface area contributed by atoms with Gasteiger partial charge in [-0.05, 0) is 12.8 Å². The third-order valence-corrected chi connectivity index (χ3v) is 3.96. The van der Waals surface area contributed by atoms with Gasteiger partial charge in [-0.2, -0.15) is 0 Å². The van der Waals surface area contributed by atoms with Crippen molar-refractivity contribution in [2.75, 3.05) is 24.7 Å². The molecule has 0 aliphatic rings. The van der Waals surface area contributed by atoms with Gasteiger partial charge in [-0.25, -0.2) is 8.42 Å². The van der Waals surface area contributed by atoms with E-state index in [1.165, 1.54) is 0 Å². The van der Waals surface area contributed by atoms with Gasteiger partial charge in [0.1, 0.15) is 0 Å². The van der Waals surface area contributed by atoms with Gasteiger partial charge in [-0.3, -0.25) is 0 Å². The lowest BCUT2D eigenvalue weighted by molar-refractivity contribution is 0.231. The smallest absolute Gasteiger partial charge is 0.151 e. The summed E-state index contributed by atoms with van der Waals surface area (Å²) < 4.78 is 22.5. The van der Waals surface area contributed by atoms with Crippen LogP contribution in [0.25, 0.3) is 0 Å². The number of aliphatic hydroxyl groups excluding tert-OH is 1. The van der Waals surface area contributed by atoms with Crippen molar-refractivity contribution >= 4 is 9.84 Å². The molecule has 0 saturated heterocycles. The average molecular weight is 223 g/mol. The first-order chi connectivity index (χ1) is 6.41. The van der Waals surface area contributed by atoms with Gasteiger partial charge in [0.2, 0.25) is 0 Å². The van der Waals surface area contributed by atoms with E-state index in [4.69, 9.17) is 5.11 Å². The van der Waals surface area contributed by atoms with E-state index in [-0.39, 0.29) is 30.1 Å². The molecule has 4 nitrogen and oxygen atoms in total. The van der Waals surface area contributed by atoms with Crippen molar-refractivity contribution in [1.82, 2.24) is 5.32 Å². The Bertz CT molecular complexity index is 238. The summed E-state index contributed by atoms with van der Waals surface area (Å²) in [5.41, 5.74) is 0. The van der Waals surface area contributed by atoms with Crippen LogP contribution in [0.2, 0.25) is 0 Å². The van der Waals surface area contributed by atoms with Gasteiger partial charge in [0.15, 0.2) is 9.84 Å². The van der Waals surface area contributed by atoms with Gasteiger partial charge in [-0.15, -0.1) is 0 Å². The monoisotopic (exact) mass is 223 g/mol. The highest BCUT2D eigenvalue weighted by atomic mass is 32.2. The highest BCUT2D eigenvalue weighted by molar-refractivity contribution is 7.91. The molecule has 0 heterocycles. The predicted octanol–water partition coefficient (Wildman–Crippen LogP) is 0.0276. The predicted molar refractivity (Wildman–Crippen MR) is 58.0 cm³/mol. The summed E-state index contributed by atoms with van der Waals surface area (Å²) >= 11 is 0. The third kappa shape index (κ3) is 6.34. The summed E-state index contributed by atoms with van der Waals surface area (Å²) in [6.07, 6.45) is 0. The van der Waals surface area contributed by atoms with E-state index in [0.717, 1.165) is 0 Å². The second kappa shape index (κ2) is 6.37. The Labute approximate surface area is 86.6 Å². The molecule has 5 heteroatoms. The molecule has 2 unspecified atom stereocenters. The molecule has 0 aromatic heterocycles. The summed E-state index contributed by atoms with van der Waals surface area (Å²) in [6.45, 7) is 6.18. The van der Waals surface area contributed by atoms with Gasteiger partial charge in [0.25, 0.3) is 0 Å². The summed E-state index contributed by atoms with van der Waals surface area (Å²) in [5, 5.41) is 11.9. The maximum atomic E-state index is 11.2. The molecule has 0 fully saturated rings. The first-order valence-electron chi connectivity index (χ1n) is 4.96. The van der Waals surface area contributed by atoms with Crippen molar-refractivity contribution in [1.29, 1.82) is 0 Å². The lowest BCUT2D eigenvalue weighted by Crippen LogP contribution is -2.36. The maximum Gasteiger partial charge on any atom is 0.151 e. The molecular formula is C9H21NO3S. The van der Waals surface area contributed by atoms with Crippen LogP contribution in [0.5, 0.6) is 0 Å². The molecule has 0 aromatic rings. The molecule has 0 amide bonds. The Hall–Kier alpha value is -0.130. The van der Waals surface area contributed by atoms with Gasteiger partial charge >= 0.3 is 0 Å². The van der Waals surface area contributed by atoms with Gasteiger partial charge in [0.05, 0.1) is 5.75 Å². The molecule has 0 bridgehead atoms. The van der Waals surface area contributed by atoms with Gasteiger partial charge < -0.3 is 10.4 Å². The molecule has 14 heavy (non-hydrogen) atoms. The van der Waals surface area contributed by atoms with Crippen molar-refractivity contribution in [3.8, 4) is 0 Å². The zero-order valence-corrected chi connectivity index (χ0v) is 9.97. The molecule has 2 N–H and O–H groups in total. The van der Waals surface area contributed by atoms with Crippen LogP contribution in [-0.4, -0.2) is 44.2 Å². The standard InChI is InChI=1S/C9H21NO3S/c1-4-14(12,13)7-9(3)10-5-8(2)6-11/h8-11H,4-7H2,1-3H3. The minimum Gasteiger partial charge on any atom is -0.396 e. The quantitative estimate of drug-likeness (QED) is 0.639. The van der Waals surface area contributed by atoms with E-state index >= 15 is 0 Å². The van der Waals surface area contributed by atoms with Crippen LogP contribution in [0.4, 0.5) is 0 Å². The fourth-order valence-corrected chi connectivity index (χ4v) is 2.14. The van der Waals surface area contributed by atoms with Gasteiger partial charge in [-0.1, -0.05) is 13.8 Å². The largest absolute Gasteiger partial charge is 0.396 e. The Morgan fingerprint density at radius 3 is 2.36 bits per heavy atom. The summed E-state index contributed by atoms with van der Waals surface area (Å²) in [7, 11) is -2.90. The summed E-state index contributed by atoms with van der Waals surface area (Å²) in [6, 6.07) is -0.0473. The molecular weight excluding hydrogens is 202 g/mol. The van der Waals surface area contributed by atoms with E-state index in [9.17, 15) is 8.42 Å². The Morgan fingerprint density at radius 1 is 1.36 bits per heavy atom. The second-order valence-electron chi connectivity index (χ2n) is 3.80. The van der Waals surface area contributed by atoms with E-state index in [2.05, 4.69) is 5.32 Å². The molecule has 0 radical (unpaired) electrons. The number of rotatable bonds is 7. The molecule has 0 rings (SSSR count). The number of hydrogen-bond acceptors (Lipinski definition) is 4. The van der Waals surface area contributed by atoms with E-state index in [0.29, 0.717) is 6.54 Å². The normalized spacial score (nSPS) is 16.6. The Kier molecular flexibility index (Phi) is 6.31. The fraction of sp³-hybridized carbons (Fsp3) is 1.00. The SMILES string of the molecule is CCS(=O)(=O)CC(C)NCC(C)CO.